The highest BCUT2D eigenvalue weighted by Gasteiger charge is 2.21. The summed E-state index contributed by atoms with van der Waals surface area (Å²) in [6, 6.07) is 2.01. The predicted molar refractivity (Wildman–Crippen MR) is 70.7 cm³/mol. The van der Waals surface area contributed by atoms with Crippen molar-refractivity contribution < 1.29 is 23.6 Å². The minimum Gasteiger partial charge on any atom is -0.376 e. The van der Waals surface area contributed by atoms with Gasteiger partial charge in [-0.3, -0.25) is 14.9 Å². The summed E-state index contributed by atoms with van der Waals surface area (Å²) in [5.41, 5.74) is -0.624. The molecule has 7 nitrogen and oxygen atoms in total. The molecule has 1 atom stereocenters. The van der Waals surface area contributed by atoms with Gasteiger partial charge in [-0.2, -0.15) is 0 Å². The van der Waals surface area contributed by atoms with E-state index < -0.39 is 16.6 Å². The Kier molecular flexibility index (Phi) is 4.81. The summed E-state index contributed by atoms with van der Waals surface area (Å²) in [6.07, 6.45) is -0.300. The van der Waals surface area contributed by atoms with Gasteiger partial charge in [0.2, 0.25) is 0 Å². The molecule has 1 aliphatic rings. The second-order valence-electron chi connectivity index (χ2n) is 4.66. The average molecular weight is 298 g/mol. The summed E-state index contributed by atoms with van der Waals surface area (Å²) in [5.74, 6) is -1.48. The lowest BCUT2D eigenvalue weighted by Gasteiger charge is -2.23. The minimum absolute atomic E-state index is 0.0478. The Morgan fingerprint density at radius 2 is 2.29 bits per heavy atom. The van der Waals surface area contributed by atoms with Crippen LogP contribution in [0.5, 0.6) is 0 Å². The van der Waals surface area contributed by atoms with Gasteiger partial charge in [0.15, 0.2) is 0 Å². The lowest BCUT2D eigenvalue weighted by molar-refractivity contribution is -0.385. The molecule has 21 heavy (non-hydrogen) atoms. The standard InChI is InChI=1S/C13H15FN2O5/c1-8-4-9(16(18)19)5-11(12(8)14)13(17)15-6-10-7-20-2-3-21-10/h4-5,10H,2-3,6-7H2,1H3,(H,15,17). The number of ether oxygens (including phenoxy) is 2. The first-order valence-corrected chi connectivity index (χ1v) is 6.41. The van der Waals surface area contributed by atoms with Gasteiger partial charge < -0.3 is 14.8 Å². The van der Waals surface area contributed by atoms with E-state index in [0.717, 1.165) is 12.1 Å². The summed E-state index contributed by atoms with van der Waals surface area (Å²) in [7, 11) is 0. The number of carbonyl (C=O) groups excluding carboxylic acids is 1. The van der Waals surface area contributed by atoms with Crippen molar-refractivity contribution in [3.63, 3.8) is 0 Å². The Balaban J connectivity index is 2.09. The highest BCUT2D eigenvalue weighted by Crippen LogP contribution is 2.21. The molecule has 0 bridgehead atoms. The zero-order valence-corrected chi connectivity index (χ0v) is 11.4. The van der Waals surface area contributed by atoms with Gasteiger partial charge in [-0.1, -0.05) is 0 Å². The van der Waals surface area contributed by atoms with Crippen molar-refractivity contribution in [2.75, 3.05) is 26.4 Å². The van der Waals surface area contributed by atoms with Gasteiger partial charge in [0.05, 0.1) is 36.4 Å². The highest BCUT2D eigenvalue weighted by atomic mass is 19.1. The fraction of sp³-hybridized carbons (Fsp3) is 0.462. The van der Waals surface area contributed by atoms with E-state index in [1.54, 1.807) is 0 Å². The van der Waals surface area contributed by atoms with Crippen molar-refractivity contribution in [2.24, 2.45) is 0 Å². The summed E-state index contributed by atoms with van der Waals surface area (Å²) < 4.78 is 24.4. The van der Waals surface area contributed by atoms with E-state index in [1.807, 2.05) is 0 Å². The Morgan fingerprint density at radius 3 is 2.90 bits per heavy atom. The number of halogens is 1. The Bertz CT molecular complexity index is 558. The van der Waals surface area contributed by atoms with Gasteiger partial charge in [-0.25, -0.2) is 4.39 Å². The number of carbonyl (C=O) groups is 1. The van der Waals surface area contributed by atoms with E-state index in [9.17, 15) is 19.3 Å². The molecule has 0 aliphatic carbocycles. The van der Waals surface area contributed by atoms with Crippen LogP contribution in [0.25, 0.3) is 0 Å². The van der Waals surface area contributed by atoms with Crippen LogP contribution >= 0.6 is 0 Å². The summed E-state index contributed by atoms with van der Waals surface area (Å²) >= 11 is 0. The molecule has 2 rings (SSSR count). The molecule has 0 saturated carbocycles. The van der Waals surface area contributed by atoms with Gasteiger partial charge in [-0.05, 0) is 12.5 Å². The average Bonchev–Trinajstić information content (AvgIpc) is 2.48. The smallest absolute Gasteiger partial charge is 0.270 e. The second kappa shape index (κ2) is 6.59. The third-order valence-electron chi connectivity index (χ3n) is 3.07. The zero-order valence-electron chi connectivity index (χ0n) is 11.4. The summed E-state index contributed by atoms with van der Waals surface area (Å²) in [5, 5.41) is 13.3. The van der Waals surface area contributed by atoms with Crippen LogP contribution in [-0.4, -0.2) is 43.3 Å². The summed E-state index contributed by atoms with van der Waals surface area (Å²) in [6.45, 7) is 2.81. The topological polar surface area (TPSA) is 90.7 Å². The number of amides is 1. The van der Waals surface area contributed by atoms with Crippen LogP contribution in [0.2, 0.25) is 0 Å². The number of benzene rings is 1. The summed E-state index contributed by atoms with van der Waals surface area (Å²) in [4.78, 5) is 22.1. The van der Waals surface area contributed by atoms with Gasteiger partial charge in [-0.15, -0.1) is 0 Å². The van der Waals surface area contributed by atoms with E-state index in [2.05, 4.69) is 5.32 Å². The molecule has 1 N–H and O–H groups in total. The number of nitrogens with zero attached hydrogens (tertiary/aromatic N) is 1. The van der Waals surface area contributed by atoms with Crippen molar-refractivity contribution in [3.05, 3.63) is 39.2 Å². The molecule has 1 aliphatic heterocycles. The molecule has 1 fully saturated rings. The van der Waals surface area contributed by atoms with E-state index in [0.29, 0.717) is 19.8 Å². The number of rotatable bonds is 4. The Morgan fingerprint density at radius 1 is 1.52 bits per heavy atom. The molecule has 0 aromatic heterocycles. The van der Waals surface area contributed by atoms with Crippen LogP contribution in [-0.2, 0) is 9.47 Å². The highest BCUT2D eigenvalue weighted by molar-refractivity contribution is 5.95. The fourth-order valence-corrected chi connectivity index (χ4v) is 1.98. The van der Waals surface area contributed by atoms with E-state index in [-0.39, 0.29) is 29.5 Å². The first kappa shape index (κ1) is 15.3. The van der Waals surface area contributed by atoms with E-state index in [4.69, 9.17) is 9.47 Å². The first-order valence-electron chi connectivity index (χ1n) is 6.41. The van der Waals surface area contributed by atoms with Crippen LogP contribution in [0.4, 0.5) is 10.1 Å². The van der Waals surface area contributed by atoms with Crippen LogP contribution in [0, 0.1) is 22.9 Å². The van der Waals surface area contributed by atoms with Gasteiger partial charge in [0, 0.05) is 18.7 Å². The van der Waals surface area contributed by atoms with Crippen LogP contribution in [0.3, 0.4) is 0 Å². The maximum absolute atomic E-state index is 13.9. The third-order valence-corrected chi connectivity index (χ3v) is 3.07. The molecule has 114 valence electrons. The number of non-ortho nitro benzene ring substituents is 1. The first-order chi connectivity index (χ1) is 9.99. The molecule has 0 radical (unpaired) electrons. The number of hydrogen-bond donors (Lipinski definition) is 1. The maximum atomic E-state index is 13.9. The number of hydrogen-bond acceptors (Lipinski definition) is 5. The molecule has 0 spiro atoms. The molecule has 1 saturated heterocycles. The zero-order chi connectivity index (χ0) is 15.4. The van der Waals surface area contributed by atoms with Crippen LogP contribution in [0.1, 0.15) is 15.9 Å². The molecule has 1 aromatic rings. The van der Waals surface area contributed by atoms with Gasteiger partial charge in [0.1, 0.15) is 5.82 Å². The number of nitrogens with one attached hydrogen (secondary N) is 1. The van der Waals surface area contributed by atoms with Crippen LogP contribution in [0.15, 0.2) is 12.1 Å². The fourth-order valence-electron chi connectivity index (χ4n) is 1.98. The molecule has 8 heteroatoms. The SMILES string of the molecule is Cc1cc([N+](=O)[O-])cc(C(=O)NCC2COCCO2)c1F. The third kappa shape index (κ3) is 3.73. The van der Waals surface area contributed by atoms with Crippen molar-refractivity contribution in [2.45, 2.75) is 13.0 Å². The normalized spacial score (nSPS) is 18.3. The number of aryl methyl sites for hydroxylation is 1. The van der Waals surface area contributed by atoms with Crippen molar-refractivity contribution in [1.29, 1.82) is 0 Å². The molecular weight excluding hydrogens is 283 g/mol. The van der Waals surface area contributed by atoms with Crippen molar-refractivity contribution >= 4 is 11.6 Å². The second-order valence-corrected chi connectivity index (χ2v) is 4.66. The van der Waals surface area contributed by atoms with Crippen molar-refractivity contribution in [1.82, 2.24) is 5.32 Å². The predicted octanol–water partition coefficient (Wildman–Crippen LogP) is 1.19. The Labute approximate surface area is 120 Å². The van der Waals surface area contributed by atoms with E-state index >= 15 is 0 Å². The maximum Gasteiger partial charge on any atom is 0.270 e. The number of nitro benzene ring substituents is 1. The number of nitro groups is 1. The molecule has 1 aromatic carbocycles. The monoisotopic (exact) mass is 298 g/mol. The molecule has 1 heterocycles. The molecular formula is C13H15FN2O5. The molecule has 1 amide bonds. The van der Waals surface area contributed by atoms with Crippen LogP contribution < -0.4 is 5.32 Å². The Hall–Kier alpha value is -2.06. The minimum atomic E-state index is -0.765. The molecule has 1 unspecified atom stereocenters. The lowest BCUT2D eigenvalue weighted by atomic mass is 10.1. The quantitative estimate of drug-likeness (QED) is 0.666. The lowest BCUT2D eigenvalue weighted by Crippen LogP contribution is -2.40. The van der Waals surface area contributed by atoms with Gasteiger partial charge >= 0.3 is 0 Å². The van der Waals surface area contributed by atoms with Gasteiger partial charge in [0.25, 0.3) is 11.6 Å². The largest absolute Gasteiger partial charge is 0.376 e. The van der Waals surface area contributed by atoms with Crippen molar-refractivity contribution in [3.8, 4) is 0 Å². The van der Waals surface area contributed by atoms with E-state index in [1.165, 1.54) is 6.92 Å².